The first-order chi connectivity index (χ1) is 8.66. The van der Waals surface area contributed by atoms with E-state index >= 15 is 0 Å². The van der Waals surface area contributed by atoms with Crippen molar-refractivity contribution in [3.63, 3.8) is 0 Å². The molecule has 1 aromatic carbocycles. The average Bonchev–Trinajstić information content (AvgIpc) is 2.90. The summed E-state index contributed by atoms with van der Waals surface area (Å²) >= 11 is 0. The fraction of sp³-hybridized carbons (Fsp3) is 0.533. The number of benzene rings is 1. The van der Waals surface area contributed by atoms with Gasteiger partial charge in [0.25, 0.3) is 0 Å². The van der Waals surface area contributed by atoms with Crippen LogP contribution < -0.4 is 11.1 Å². The second kappa shape index (κ2) is 6.01. The van der Waals surface area contributed by atoms with Crippen LogP contribution in [0.15, 0.2) is 24.3 Å². The molecule has 2 rings (SSSR count). The number of hydrogen-bond donors (Lipinski definition) is 2. The highest BCUT2D eigenvalue weighted by molar-refractivity contribution is 5.92. The largest absolute Gasteiger partial charge is 0.366 e. The second-order valence-corrected chi connectivity index (χ2v) is 5.28. The maximum absolute atomic E-state index is 11.0. The maximum atomic E-state index is 11.0. The molecule has 18 heavy (non-hydrogen) atoms. The highest BCUT2D eigenvalue weighted by Crippen LogP contribution is 2.27. The van der Waals surface area contributed by atoms with Gasteiger partial charge in [-0.05, 0) is 43.4 Å². The van der Waals surface area contributed by atoms with Gasteiger partial charge < -0.3 is 11.1 Å². The Morgan fingerprint density at radius 1 is 1.33 bits per heavy atom. The highest BCUT2D eigenvalue weighted by atomic mass is 16.1. The fourth-order valence-corrected chi connectivity index (χ4v) is 2.69. The Morgan fingerprint density at radius 3 is 2.50 bits per heavy atom. The van der Waals surface area contributed by atoms with Gasteiger partial charge >= 0.3 is 0 Å². The molecule has 0 bridgehead atoms. The van der Waals surface area contributed by atoms with Gasteiger partial charge in [-0.1, -0.05) is 25.0 Å². The molecule has 0 heterocycles. The van der Waals surface area contributed by atoms with Gasteiger partial charge in [0.1, 0.15) is 0 Å². The summed E-state index contributed by atoms with van der Waals surface area (Å²) in [5.41, 5.74) is 6.98. The molecule has 1 aliphatic rings. The molecule has 1 aromatic rings. The van der Waals surface area contributed by atoms with Crippen LogP contribution >= 0.6 is 0 Å². The van der Waals surface area contributed by atoms with Crippen molar-refractivity contribution in [1.82, 2.24) is 5.32 Å². The van der Waals surface area contributed by atoms with E-state index in [-0.39, 0.29) is 5.91 Å². The minimum Gasteiger partial charge on any atom is -0.366 e. The van der Waals surface area contributed by atoms with Crippen molar-refractivity contribution in [3.05, 3.63) is 35.4 Å². The van der Waals surface area contributed by atoms with Crippen LogP contribution in [0.1, 0.15) is 48.5 Å². The van der Waals surface area contributed by atoms with Gasteiger partial charge in [-0.15, -0.1) is 0 Å². The van der Waals surface area contributed by atoms with Crippen molar-refractivity contribution in [1.29, 1.82) is 0 Å². The molecule has 1 amide bonds. The first kappa shape index (κ1) is 13.1. The number of carbonyl (C=O) groups excluding carboxylic acids is 1. The zero-order valence-electron chi connectivity index (χ0n) is 11.0. The van der Waals surface area contributed by atoms with E-state index in [1.54, 1.807) is 12.1 Å². The summed E-state index contributed by atoms with van der Waals surface area (Å²) in [5, 5.41) is 3.57. The van der Waals surface area contributed by atoms with E-state index in [4.69, 9.17) is 5.73 Å². The molecule has 98 valence electrons. The standard InChI is InChI=1S/C15H22N2O/c1-11(13-4-2-3-5-13)17-10-12-6-8-14(9-7-12)15(16)18/h6-9,11,13,17H,2-5,10H2,1H3,(H2,16,18)/t11-/m1/s1. The number of nitrogens with one attached hydrogen (secondary N) is 1. The summed E-state index contributed by atoms with van der Waals surface area (Å²) in [6, 6.07) is 8.09. The molecule has 0 unspecified atom stereocenters. The summed E-state index contributed by atoms with van der Waals surface area (Å²) in [6.45, 7) is 3.13. The molecular weight excluding hydrogens is 224 g/mol. The van der Waals surface area contributed by atoms with Gasteiger partial charge in [-0.3, -0.25) is 4.79 Å². The van der Waals surface area contributed by atoms with E-state index in [0.29, 0.717) is 11.6 Å². The minimum atomic E-state index is -0.367. The average molecular weight is 246 g/mol. The summed E-state index contributed by atoms with van der Waals surface area (Å²) in [4.78, 5) is 11.0. The van der Waals surface area contributed by atoms with Crippen molar-refractivity contribution in [2.75, 3.05) is 0 Å². The normalized spacial score (nSPS) is 17.8. The third-order valence-electron chi connectivity index (χ3n) is 3.97. The third kappa shape index (κ3) is 3.33. The molecule has 3 nitrogen and oxygen atoms in total. The first-order valence-electron chi connectivity index (χ1n) is 6.79. The zero-order valence-corrected chi connectivity index (χ0v) is 11.0. The van der Waals surface area contributed by atoms with Crippen molar-refractivity contribution in [2.45, 2.75) is 45.2 Å². The van der Waals surface area contributed by atoms with Crippen LogP contribution in [0.4, 0.5) is 0 Å². The van der Waals surface area contributed by atoms with Gasteiger partial charge in [0.15, 0.2) is 0 Å². The van der Waals surface area contributed by atoms with Crippen LogP contribution in [0.5, 0.6) is 0 Å². The summed E-state index contributed by atoms with van der Waals surface area (Å²) in [5.74, 6) is 0.462. The molecule has 0 saturated heterocycles. The molecule has 3 N–H and O–H groups in total. The van der Waals surface area contributed by atoms with Crippen LogP contribution in [0.2, 0.25) is 0 Å². The Hall–Kier alpha value is -1.35. The van der Waals surface area contributed by atoms with Crippen LogP contribution in [0.25, 0.3) is 0 Å². The van der Waals surface area contributed by atoms with Crippen molar-refractivity contribution in [3.8, 4) is 0 Å². The lowest BCUT2D eigenvalue weighted by Crippen LogP contribution is -2.31. The van der Waals surface area contributed by atoms with E-state index in [1.165, 1.54) is 31.2 Å². The van der Waals surface area contributed by atoms with Crippen molar-refractivity contribution in [2.24, 2.45) is 11.7 Å². The van der Waals surface area contributed by atoms with Crippen molar-refractivity contribution >= 4 is 5.91 Å². The Balaban J connectivity index is 1.84. The number of carbonyl (C=O) groups is 1. The molecule has 1 atom stereocenters. The Kier molecular flexibility index (Phi) is 4.37. The van der Waals surface area contributed by atoms with Gasteiger partial charge in [-0.2, -0.15) is 0 Å². The topological polar surface area (TPSA) is 55.1 Å². The van der Waals surface area contributed by atoms with Crippen molar-refractivity contribution < 1.29 is 4.79 Å². The first-order valence-corrected chi connectivity index (χ1v) is 6.79. The molecule has 0 aromatic heterocycles. The smallest absolute Gasteiger partial charge is 0.248 e. The Labute approximate surface area is 109 Å². The van der Waals surface area contributed by atoms with Crippen LogP contribution in [0.3, 0.4) is 0 Å². The molecule has 1 fully saturated rings. The summed E-state index contributed by atoms with van der Waals surface area (Å²) < 4.78 is 0. The van der Waals surface area contributed by atoms with Crippen LogP contribution in [-0.4, -0.2) is 11.9 Å². The Morgan fingerprint density at radius 2 is 1.94 bits per heavy atom. The quantitative estimate of drug-likeness (QED) is 0.838. The minimum absolute atomic E-state index is 0.367. The summed E-state index contributed by atoms with van der Waals surface area (Å²) in [7, 11) is 0. The monoisotopic (exact) mass is 246 g/mol. The third-order valence-corrected chi connectivity index (χ3v) is 3.97. The SMILES string of the molecule is C[C@@H](NCc1ccc(C(N)=O)cc1)C1CCCC1. The molecule has 0 spiro atoms. The van der Waals surface area contributed by atoms with E-state index in [2.05, 4.69) is 12.2 Å². The predicted octanol–water partition coefficient (Wildman–Crippen LogP) is 2.45. The van der Waals surface area contributed by atoms with Gasteiger partial charge in [0.2, 0.25) is 5.91 Å². The Bertz CT molecular complexity index is 393. The molecule has 3 heteroatoms. The molecule has 0 radical (unpaired) electrons. The molecule has 1 saturated carbocycles. The lowest BCUT2D eigenvalue weighted by Gasteiger charge is -2.20. The summed E-state index contributed by atoms with van der Waals surface area (Å²) in [6.07, 6.45) is 5.47. The predicted molar refractivity (Wildman–Crippen MR) is 73.2 cm³/mol. The zero-order chi connectivity index (χ0) is 13.0. The van der Waals surface area contributed by atoms with Gasteiger partial charge in [0, 0.05) is 18.2 Å². The van der Waals surface area contributed by atoms with Gasteiger partial charge in [-0.25, -0.2) is 0 Å². The maximum Gasteiger partial charge on any atom is 0.248 e. The molecule has 0 aliphatic heterocycles. The number of primary amides is 1. The fourth-order valence-electron chi connectivity index (χ4n) is 2.69. The van der Waals surface area contributed by atoms with E-state index in [9.17, 15) is 4.79 Å². The number of nitrogens with two attached hydrogens (primary N) is 1. The lowest BCUT2D eigenvalue weighted by atomic mass is 9.99. The second-order valence-electron chi connectivity index (χ2n) is 5.28. The molecule has 1 aliphatic carbocycles. The van der Waals surface area contributed by atoms with E-state index < -0.39 is 0 Å². The lowest BCUT2D eigenvalue weighted by molar-refractivity contribution is 0.100. The highest BCUT2D eigenvalue weighted by Gasteiger charge is 2.20. The van der Waals surface area contributed by atoms with E-state index in [1.807, 2.05) is 12.1 Å². The van der Waals surface area contributed by atoms with E-state index in [0.717, 1.165) is 12.5 Å². The number of rotatable bonds is 5. The number of amides is 1. The van der Waals surface area contributed by atoms with Crippen LogP contribution in [0, 0.1) is 5.92 Å². The number of hydrogen-bond acceptors (Lipinski definition) is 2. The van der Waals surface area contributed by atoms with Gasteiger partial charge in [0.05, 0.1) is 0 Å². The van der Waals surface area contributed by atoms with Crippen LogP contribution in [-0.2, 0) is 6.54 Å². The molecular formula is C15H22N2O.